The number of likely N-dealkylation sites (tertiary alicyclic amines) is 1. The third-order valence-corrected chi connectivity index (χ3v) is 3.55. The number of nitrogens with one attached hydrogen (secondary N) is 1. The molecule has 19 heavy (non-hydrogen) atoms. The van der Waals surface area contributed by atoms with Crippen LogP contribution in [0, 0.1) is 0 Å². The number of carbonyl (C=O) groups excluding carboxylic acids is 1. The number of methoxy groups -OCH3 is 1. The monoisotopic (exact) mass is 282 g/mol. The number of ether oxygens (including phenoxy) is 1. The summed E-state index contributed by atoms with van der Waals surface area (Å²) in [6.07, 6.45) is 3.63. The van der Waals surface area contributed by atoms with Gasteiger partial charge in [-0.15, -0.1) is 0 Å². The number of rotatable bonds is 4. The third-order valence-electron chi connectivity index (χ3n) is 3.25. The molecule has 0 aromatic heterocycles. The second-order valence-electron chi connectivity index (χ2n) is 4.73. The van der Waals surface area contributed by atoms with Crippen molar-refractivity contribution in [1.29, 1.82) is 0 Å². The zero-order valence-electron chi connectivity index (χ0n) is 11.1. The van der Waals surface area contributed by atoms with Gasteiger partial charge in [0.25, 0.3) is 0 Å². The van der Waals surface area contributed by atoms with Crippen LogP contribution in [0.15, 0.2) is 18.2 Å². The summed E-state index contributed by atoms with van der Waals surface area (Å²) in [6, 6.07) is 5.24. The first-order chi connectivity index (χ1) is 9.19. The van der Waals surface area contributed by atoms with Gasteiger partial charge < -0.3 is 10.1 Å². The Balaban J connectivity index is 1.89. The van der Waals surface area contributed by atoms with E-state index in [1.807, 2.05) is 0 Å². The summed E-state index contributed by atoms with van der Waals surface area (Å²) in [5, 5.41) is 3.36. The van der Waals surface area contributed by atoms with E-state index < -0.39 is 0 Å². The average Bonchev–Trinajstić information content (AvgIpc) is 2.40. The largest absolute Gasteiger partial charge is 0.495 e. The molecule has 5 heteroatoms. The lowest BCUT2D eigenvalue weighted by Gasteiger charge is -2.25. The first kappa shape index (κ1) is 14.2. The van der Waals surface area contributed by atoms with Crippen molar-refractivity contribution in [2.24, 2.45) is 0 Å². The molecule has 0 saturated carbocycles. The van der Waals surface area contributed by atoms with E-state index in [1.165, 1.54) is 19.3 Å². The minimum absolute atomic E-state index is 0.00290. The van der Waals surface area contributed by atoms with Gasteiger partial charge in [-0.3, -0.25) is 9.69 Å². The Kier molecular flexibility index (Phi) is 5.05. The Hall–Kier alpha value is -1.26. The molecule has 0 atom stereocenters. The van der Waals surface area contributed by atoms with Crippen LogP contribution in [0.25, 0.3) is 0 Å². The molecule has 1 heterocycles. The van der Waals surface area contributed by atoms with Crippen LogP contribution in [0.4, 0.5) is 5.69 Å². The Labute approximate surface area is 118 Å². The molecule has 0 aliphatic carbocycles. The van der Waals surface area contributed by atoms with Crippen LogP contribution in [0.3, 0.4) is 0 Å². The molecule has 1 N–H and O–H groups in total. The molecule has 1 amide bonds. The zero-order valence-corrected chi connectivity index (χ0v) is 11.9. The van der Waals surface area contributed by atoms with Gasteiger partial charge in [-0.2, -0.15) is 0 Å². The number of nitrogens with zero attached hydrogens (tertiary/aromatic N) is 1. The lowest BCUT2D eigenvalue weighted by Crippen LogP contribution is -2.36. The van der Waals surface area contributed by atoms with Gasteiger partial charge in [0.05, 0.1) is 18.7 Å². The molecule has 1 aromatic rings. The predicted molar refractivity (Wildman–Crippen MR) is 76.9 cm³/mol. The van der Waals surface area contributed by atoms with Crippen LogP contribution >= 0.6 is 11.6 Å². The number of piperidine rings is 1. The standard InChI is InChI=1S/C14H19ClN2O2/c1-19-13-6-5-11(9-12(13)15)16-14(18)10-17-7-3-2-4-8-17/h5-6,9H,2-4,7-8,10H2,1H3,(H,16,18). The minimum Gasteiger partial charge on any atom is -0.495 e. The fourth-order valence-electron chi connectivity index (χ4n) is 2.27. The van der Waals surface area contributed by atoms with Crippen molar-refractivity contribution in [3.8, 4) is 5.75 Å². The molecule has 0 bridgehead atoms. The molecule has 1 aromatic carbocycles. The maximum Gasteiger partial charge on any atom is 0.238 e. The van der Waals surface area contributed by atoms with E-state index >= 15 is 0 Å². The first-order valence-corrected chi connectivity index (χ1v) is 6.92. The van der Waals surface area contributed by atoms with E-state index in [4.69, 9.17) is 16.3 Å². The number of anilines is 1. The van der Waals surface area contributed by atoms with Crippen molar-refractivity contribution < 1.29 is 9.53 Å². The summed E-state index contributed by atoms with van der Waals surface area (Å²) in [6.45, 7) is 2.47. The summed E-state index contributed by atoms with van der Waals surface area (Å²) < 4.78 is 5.07. The Morgan fingerprint density at radius 2 is 2.11 bits per heavy atom. The minimum atomic E-state index is 0.00290. The Morgan fingerprint density at radius 1 is 1.37 bits per heavy atom. The first-order valence-electron chi connectivity index (χ1n) is 6.55. The highest BCUT2D eigenvalue weighted by Gasteiger charge is 2.14. The van der Waals surface area contributed by atoms with Gasteiger partial charge in [0.15, 0.2) is 0 Å². The van der Waals surface area contributed by atoms with Gasteiger partial charge in [-0.25, -0.2) is 0 Å². The Bertz CT molecular complexity index is 445. The van der Waals surface area contributed by atoms with Crippen molar-refractivity contribution >= 4 is 23.2 Å². The van der Waals surface area contributed by atoms with Crippen LogP contribution in [0.1, 0.15) is 19.3 Å². The summed E-state index contributed by atoms with van der Waals surface area (Å²) in [5.41, 5.74) is 0.702. The summed E-state index contributed by atoms with van der Waals surface area (Å²) in [4.78, 5) is 14.1. The van der Waals surface area contributed by atoms with Crippen LogP contribution in [0.5, 0.6) is 5.75 Å². The SMILES string of the molecule is COc1ccc(NC(=O)CN2CCCCC2)cc1Cl. The molecule has 0 spiro atoms. The maximum absolute atomic E-state index is 11.9. The van der Waals surface area contributed by atoms with E-state index in [0.29, 0.717) is 23.0 Å². The highest BCUT2D eigenvalue weighted by atomic mass is 35.5. The van der Waals surface area contributed by atoms with Crippen LogP contribution < -0.4 is 10.1 Å². The smallest absolute Gasteiger partial charge is 0.238 e. The predicted octanol–water partition coefficient (Wildman–Crippen LogP) is 2.77. The van der Waals surface area contributed by atoms with E-state index in [9.17, 15) is 4.79 Å². The third kappa shape index (κ3) is 4.11. The second kappa shape index (κ2) is 6.78. The molecule has 1 fully saturated rings. The van der Waals surface area contributed by atoms with Crippen molar-refractivity contribution in [3.05, 3.63) is 23.2 Å². The molecule has 104 valence electrons. The van der Waals surface area contributed by atoms with Crippen LogP contribution in [0.2, 0.25) is 5.02 Å². The van der Waals surface area contributed by atoms with E-state index in [1.54, 1.807) is 25.3 Å². The lowest BCUT2D eigenvalue weighted by atomic mass is 10.1. The highest BCUT2D eigenvalue weighted by molar-refractivity contribution is 6.32. The zero-order chi connectivity index (χ0) is 13.7. The van der Waals surface area contributed by atoms with Crippen LogP contribution in [-0.2, 0) is 4.79 Å². The quantitative estimate of drug-likeness (QED) is 0.923. The van der Waals surface area contributed by atoms with Crippen molar-refractivity contribution in [2.45, 2.75) is 19.3 Å². The van der Waals surface area contributed by atoms with Gasteiger partial charge in [0, 0.05) is 5.69 Å². The van der Waals surface area contributed by atoms with Crippen molar-refractivity contribution in [2.75, 3.05) is 32.1 Å². The Morgan fingerprint density at radius 3 is 2.74 bits per heavy atom. The topological polar surface area (TPSA) is 41.6 Å². The van der Waals surface area contributed by atoms with E-state index in [0.717, 1.165) is 13.1 Å². The lowest BCUT2D eigenvalue weighted by molar-refractivity contribution is -0.117. The summed E-state index contributed by atoms with van der Waals surface area (Å²) in [7, 11) is 1.57. The molecule has 1 aliphatic heterocycles. The number of benzene rings is 1. The molecule has 0 unspecified atom stereocenters. The average molecular weight is 283 g/mol. The van der Waals surface area contributed by atoms with Gasteiger partial charge >= 0.3 is 0 Å². The fraction of sp³-hybridized carbons (Fsp3) is 0.500. The summed E-state index contributed by atoms with van der Waals surface area (Å²) in [5.74, 6) is 0.610. The maximum atomic E-state index is 11.9. The van der Waals surface area contributed by atoms with Gasteiger partial charge in [0.2, 0.25) is 5.91 Å². The van der Waals surface area contributed by atoms with E-state index in [-0.39, 0.29) is 5.91 Å². The fourth-order valence-corrected chi connectivity index (χ4v) is 2.52. The van der Waals surface area contributed by atoms with E-state index in [2.05, 4.69) is 10.2 Å². The van der Waals surface area contributed by atoms with Gasteiger partial charge in [-0.05, 0) is 44.1 Å². The molecule has 2 rings (SSSR count). The highest BCUT2D eigenvalue weighted by Crippen LogP contribution is 2.27. The molecule has 1 aliphatic rings. The second-order valence-corrected chi connectivity index (χ2v) is 5.14. The number of halogens is 1. The summed E-state index contributed by atoms with van der Waals surface area (Å²) >= 11 is 6.02. The van der Waals surface area contributed by atoms with Crippen molar-refractivity contribution in [3.63, 3.8) is 0 Å². The molecule has 0 radical (unpaired) electrons. The van der Waals surface area contributed by atoms with Crippen molar-refractivity contribution in [1.82, 2.24) is 4.90 Å². The number of carbonyl (C=O) groups is 1. The van der Waals surface area contributed by atoms with Crippen LogP contribution in [-0.4, -0.2) is 37.6 Å². The van der Waals surface area contributed by atoms with Gasteiger partial charge in [0.1, 0.15) is 5.75 Å². The number of hydrogen-bond acceptors (Lipinski definition) is 3. The molecular weight excluding hydrogens is 264 g/mol. The molecule has 1 saturated heterocycles. The molecule has 4 nitrogen and oxygen atoms in total. The molecular formula is C14H19ClN2O2. The van der Waals surface area contributed by atoms with Gasteiger partial charge in [-0.1, -0.05) is 18.0 Å². The number of amides is 1. The normalized spacial score (nSPS) is 16.1. The number of hydrogen-bond donors (Lipinski definition) is 1.